The molecule has 0 saturated carbocycles. The summed E-state index contributed by atoms with van der Waals surface area (Å²) in [6.45, 7) is 4.17. The maximum absolute atomic E-state index is 12.3. The Bertz CT molecular complexity index is 683. The van der Waals surface area contributed by atoms with Gasteiger partial charge in [0.2, 0.25) is 0 Å². The molecule has 0 saturated heterocycles. The van der Waals surface area contributed by atoms with E-state index in [1.54, 1.807) is 6.20 Å². The van der Waals surface area contributed by atoms with Crippen LogP contribution in [0.5, 0.6) is 0 Å². The molecule has 0 bridgehead atoms. The molecular formula is C16H17N3OS. The first kappa shape index (κ1) is 15.2. The van der Waals surface area contributed by atoms with E-state index < -0.39 is 0 Å². The number of pyridine rings is 1. The average molecular weight is 299 g/mol. The van der Waals surface area contributed by atoms with Gasteiger partial charge in [-0.2, -0.15) is 0 Å². The van der Waals surface area contributed by atoms with Gasteiger partial charge in [0.05, 0.1) is 28.0 Å². The highest BCUT2D eigenvalue weighted by Crippen LogP contribution is 2.21. The molecule has 0 aliphatic heterocycles. The van der Waals surface area contributed by atoms with Crippen LogP contribution in [0.3, 0.4) is 0 Å². The van der Waals surface area contributed by atoms with Crippen molar-refractivity contribution in [2.75, 3.05) is 6.54 Å². The minimum Gasteiger partial charge on any atom is -0.343 e. The Hall–Kier alpha value is -2.16. The number of nitrogens with zero attached hydrogens (tertiary/aromatic N) is 1. The van der Waals surface area contributed by atoms with Crippen molar-refractivity contribution in [3.05, 3.63) is 51.5 Å². The van der Waals surface area contributed by atoms with Crippen molar-refractivity contribution < 1.29 is 4.79 Å². The molecule has 2 rings (SSSR count). The highest BCUT2D eigenvalue weighted by atomic mass is 32.1. The molecule has 0 radical (unpaired) electrons. The molecule has 5 heteroatoms. The number of carbonyl (C=O) groups is 1. The second kappa shape index (κ2) is 7.02. The Morgan fingerprint density at radius 3 is 3.00 bits per heavy atom. The summed E-state index contributed by atoms with van der Waals surface area (Å²) in [6.07, 6.45) is 1.72. The highest BCUT2D eigenvalue weighted by Gasteiger charge is 2.15. The summed E-state index contributed by atoms with van der Waals surface area (Å²) in [5, 5.41) is 2.95. The van der Waals surface area contributed by atoms with Gasteiger partial charge in [-0.15, -0.1) is 11.3 Å². The molecular weight excluding hydrogens is 282 g/mol. The number of aryl methyl sites for hydroxylation is 1. The van der Waals surface area contributed by atoms with Crippen LogP contribution in [0.4, 0.5) is 0 Å². The molecule has 0 aromatic carbocycles. The summed E-state index contributed by atoms with van der Waals surface area (Å²) in [7, 11) is 0. The van der Waals surface area contributed by atoms with Crippen LogP contribution in [0.25, 0.3) is 0 Å². The topological polar surface area (TPSA) is 68.0 Å². The van der Waals surface area contributed by atoms with Gasteiger partial charge < -0.3 is 11.1 Å². The second-order valence-corrected chi connectivity index (χ2v) is 5.63. The summed E-state index contributed by atoms with van der Waals surface area (Å²) in [5.41, 5.74) is 7.20. The molecule has 1 atom stereocenters. The third-order valence-electron chi connectivity index (χ3n) is 2.92. The van der Waals surface area contributed by atoms with E-state index in [0.29, 0.717) is 11.4 Å². The van der Waals surface area contributed by atoms with Crippen molar-refractivity contribution in [2.24, 2.45) is 5.73 Å². The van der Waals surface area contributed by atoms with Gasteiger partial charge in [-0.05, 0) is 37.6 Å². The van der Waals surface area contributed by atoms with Crippen LogP contribution < -0.4 is 11.1 Å². The predicted molar refractivity (Wildman–Crippen MR) is 85.1 cm³/mol. The van der Waals surface area contributed by atoms with Crippen LogP contribution in [-0.4, -0.2) is 17.4 Å². The Morgan fingerprint density at radius 2 is 2.33 bits per heavy atom. The van der Waals surface area contributed by atoms with Crippen molar-refractivity contribution in [3.8, 4) is 11.8 Å². The Kier molecular flexibility index (Phi) is 5.09. The normalized spacial score (nSPS) is 11.4. The fourth-order valence-corrected chi connectivity index (χ4v) is 2.77. The van der Waals surface area contributed by atoms with Gasteiger partial charge in [0.15, 0.2) is 0 Å². The number of nitrogens with one attached hydrogen (secondary N) is 1. The number of aromatic nitrogens is 1. The zero-order chi connectivity index (χ0) is 15.2. The number of carbonyl (C=O) groups excluding carboxylic acids is 1. The van der Waals surface area contributed by atoms with E-state index in [0.717, 1.165) is 16.1 Å². The molecule has 0 fully saturated rings. The van der Waals surface area contributed by atoms with Crippen LogP contribution in [-0.2, 0) is 0 Å². The Balaban J connectivity index is 2.10. The highest BCUT2D eigenvalue weighted by molar-refractivity contribution is 7.14. The summed E-state index contributed by atoms with van der Waals surface area (Å²) in [6, 6.07) is 7.36. The monoisotopic (exact) mass is 299 g/mol. The fraction of sp³-hybridized carbons (Fsp3) is 0.250. The smallest absolute Gasteiger partial charge is 0.261 e. The maximum atomic E-state index is 12.3. The molecule has 0 aliphatic rings. The number of nitrogens with two attached hydrogens (primary N) is 1. The van der Waals surface area contributed by atoms with Crippen LogP contribution >= 0.6 is 11.3 Å². The Labute approximate surface area is 128 Å². The minimum absolute atomic E-state index is 0.109. The van der Waals surface area contributed by atoms with Crippen molar-refractivity contribution in [2.45, 2.75) is 19.9 Å². The van der Waals surface area contributed by atoms with E-state index in [2.05, 4.69) is 22.1 Å². The SMILES string of the molecule is Cc1cc(C(=O)NC(C)c2ccccn2)sc1C#CCN. The summed E-state index contributed by atoms with van der Waals surface area (Å²) in [5.74, 6) is 5.69. The molecule has 3 N–H and O–H groups in total. The standard InChI is InChI=1S/C16H17N3OS/c1-11-10-15(21-14(11)7-5-8-17)16(20)19-12(2)13-6-3-4-9-18-13/h3-4,6,9-10,12H,8,17H2,1-2H3,(H,19,20). The van der Waals surface area contributed by atoms with E-state index in [9.17, 15) is 4.79 Å². The van der Waals surface area contributed by atoms with Gasteiger partial charge in [-0.3, -0.25) is 9.78 Å². The molecule has 1 unspecified atom stereocenters. The van der Waals surface area contributed by atoms with Crippen molar-refractivity contribution in [1.29, 1.82) is 0 Å². The first-order valence-corrected chi connectivity index (χ1v) is 7.44. The summed E-state index contributed by atoms with van der Waals surface area (Å²) in [4.78, 5) is 18.0. The quantitative estimate of drug-likeness (QED) is 0.854. The first-order chi connectivity index (χ1) is 10.1. The van der Waals surface area contributed by atoms with Crippen LogP contribution in [0, 0.1) is 18.8 Å². The molecule has 0 spiro atoms. The average Bonchev–Trinajstić information content (AvgIpc) is 2.87. The Morgan fingerprint density at radius 1 is 1.52 bits per heavy atom. The van der Waals surface area contributed by atoms with Gasteiger partial charge in [0.1, 0.15) is 0 Å². The minimum atomic E-state index is -0.139. The third-order valence-corrected chi connectivity index (χ3v) is 4.08. The largest absolute Gasteiger partial charge is 0.343 e. The second-order valence-electron chi connectivity index (χ2n) is 4.58. The molecule has 1 amide bonds. The summed E-state index contributed by atoms with van der Waals surface area (Å²) >= 11 is 1.38. The van der Waals surface area contributed by atoms with Gasteiger partial charge in [0.25, 0.3) is 5.91 Å². The van der Waals surface area contributed by atoms with Crippen LogP contribution in [0.2, 0.25) is 0 Å². The summed E-state index contributed by atoms with van der Waals surface area (Å²) < 4.78 is 0. The van der Waals surface area contributed by atoms with Gasteiger partial charge in [-0.25, -0.2) is 0 Å². The number of hydrogen-bond acceptors (Lipinski definition) is 4. The molecule has 2 heterocycles. The van der Waals surface area contributed by atoms with Crippen molar-refractivity contribution in [1.82, 2.24) is 10.3 Å². The van der Waals surface area contributed by atoms with Gasteiger partial charge >= 0.3 is 0 Å². The number of rotatable bonds is 3. The van der Waals surface area contributed by atoms with Crippen LogP contribution in [0.15, 0.2) is 30.5 Å². The first-order valence-electron chi connectivity index (χ1n) is 6.63. The lowest BCUT2D eigenvalue weighted by Gasteiger charge is -2.12. The lowest BCUT2D eigenvalue weighted by Crippen LogP contribution is -2.26. The molecule has 4 nitrogen and oxygen atoms in total. The molecule has 2 aromatic heterocycles. The number of hydrogen-bond donors (Lipinski definition) is 2. The molecule has 108 valence electrons. The zero-order valence-electron chi connectivity index (χ0n) is 12.0. The zero-order valence-corrected chi connectivity index (χ0v) is 12.8. The molecule has 21 heavy (non-hydrogen) atoms. The maximum Gasteiger partial charge on any atom is 0.261 e. The van der Waals surface area contributed by atoms with E-state index in [1.165, 1.54) is 11.3 Å². The van der Waals surface area contributed by atoms with Crippen molar-refractivity contribution >= 4 is 17.2 Å². The van der Waals surface area contributed by atoms with E-state index in [1.807, 2.05) is 38.1 Å². The van der Waals surface area contributed by atoms with E-state index in [4.69, 9.17) is 5.73 Å². The lowest BCUT2D eigenvalue weighted by atomic mass is 10.2. The number of thiophene rings is 1. The fourth-order valence-electron chi connectivity index (χ4n) is 1.82. The van der Waals surface area contributed by atoms with Gasteiger partial charge in [0, 0.05) is 6.20 Å². The third kappa shape index (κ3) is 3.91. The lowest BCUT2D eigenvalue weighted by molar-refractivity contribution is 0.0943. The van der Waals surface area contributed by atoms with E-state index >= 15 is 0 Å². The molecule has 0 aliphatic carbocycles. The van der Waals surface area contributed by atoms with E-state index in [-0.39, 0.29) is 11.9 Å². The predicted octanol–water partition coefficient (Wildman–Crippen LogP) is 2.25. The number of amides is 1. The van der Waals surface area contributed by atoms with Crippen molar-refractivity contribution in [3.63, 3.8) is 0 Å². The van der Waals surface area contributed by atoms with Crippen LogP contribution in [0.1, 0.15) is 38.8 Å². The van der Waals surface area contributed by atoms with Gasteiger partial charge in [-0.1, -0.05) is 17.9 Å². The molecule has 2 aromatic rings.